The molecule has 0 saturated carbocycles. The highest BCUT2D eigenvalue weighted by molar-refractivity contribution is 6.00. The molecule has 6 aromatic rings. The molecule has 1 aromatic heterocycles. The van der Waals surface area contributed by atoms with Crippen LogP contribution in [0.5, 0.6) is 0 Å². The molecule has 6 nitrogen and oxygen atoms in total. The molecule has 254 valence electrons. The fourth-order valence-electron chi connectivity index (χ4n) is 8.84. The van der Waals surface area contributed by atoms with Crippen LogP contribution in [-0.4, -0.2) is 28.5 Å². The van der Waals surface area contributed by atoms with E-state index in [2.05, 4.69) is 171 Å². The van der Waals surface area contributed by atoms with Crippen LogP contribution in [0.15, 0.2) is 194 Å². The number of para-hydroxylation sites is 1. The maximum atomic E-state index is 14.7. The Bertz CT molecular complexity index is 2180. The summed E-state index contributed by atoms with van der Waals surface area (Å²) in [5, 5.41) is 7.20. The molecule has 1 spiro atoms. The van der Waals surface area contributed by atoms with Gasteiger partial charge >= 0.3 is 0 Å². The summed E-state index contributed by atoms with van der Waals surface area (Å²) >= 11 is 0. The van der Waals surface area contributed by atoms with Crippen LogP contribution in [0.4, 0.5) is 11.4 Å². The minimum absolute atomic E-state index is 0.118. The van der Waals surface area contributed by atoms with E-state index in [0.29, 0.717) is 12.2 Å². The smallest absolute Gasteiger partial charge is 0.253 e. The number of carbonyl (C=O) groups is 1. The van der Waals surface area contributed by atoms with Crippen LogP contribution in [0.2, 0.25) is 0 Å². The van der Waals surface area contributed by atoms with Gasteiger partial charge in [-0.05, 0) is 53.5 Å². The van der Waals surface area contributed by atoms with Crippen LogP contribution in [0.25, 0.3) is 0 Å². The number of fused-ring (bicyclic) bond motifs is 1. The van der Waals surface area contributed by atoms with Crippen molar-refractivity contribution < 1.29 is 4.79 Å². The van der Waals surface area contributed by atoms with E-state index in [-0.39, 0.29) is 18.0 Å². The first-order valence-corrected chi connectivity index (χ1v) is 17.9. The van der Waals surface area contributed by atoms with Crippen molar-refractivity contribution in [3.8, 4) is 0 Å². The summed E-state index contributed by atoms with van der Waals surface area (Å²) < 4.78 is 0. The van der Waals surface area contributed by atoms with Crippen LogP contribution >= 0.6 is 0 Å². The molecule has 52 heavy (non-hydrogen) atoms. The van der Waals surface area contributed by atoms with Gasteiger partial charge in [-0.25, -0.2) is 0 Å². The van der Waals surface area contributed by atoms with E-state index in [0.717, 1.165) is 44.9 Å². The van der Waals surface area contributed by atoms with Gasteiger partial charge in [-0.1, -0.05) is 146 Å². The molecule has 3 unspecified atom stereocenters. The third-order valence-electron chi connectivity index (χ3n) is 11.0. The van der Waals surface area contributed by atoms with E-state index in [1.165, 1.54) is 0 Å². The summed E-state index contributed by atoms with van der Waals surface area (Å²) in [4.78, 5) is 24.2. The Kier molecular flexibility index (Phi) is 7.82. The molecule has 3 atom stereocenters. The van der Waals surface area contributed by atoms with Gasteiger partial charge in [-0.3, -0.25) is 14.7 Å². The van der Waals surface area contributed by atoms with Crippen molar-refractivity contribution in [1.29, 1.82) is 0 Å². The SMILES string of the molecule is CC(NC(=O)C1=C2Nc3ccccc3C23C(C=C1)N(c1ccncc1)CN3C(c1ccccc1)(c1ccccc1)c1ccccc1)c1ccccc1. The highest BCUT2D eigenvalue weighted by atomic mass is 16.1. The Morgan fingerprint density at radius 3 is 1.88 bits per heavy atom. The summed E-state index contributed by atoms with van der Waals surface area (Å²) in [6.07, 6.45) is 7.98. The molecule has 3 heterocycles. The lowest BCUT2D eigenvalue weighted by Crippen LogP contribution is -2.59. The van der Waals surface area contributed by atoms with Crippen molar-refractivity contribution in [2.24, 2.45) is 0 Å². The van der Waals surface area contributed by atoms with Gasteiger partial charge in [0.1, 0.15) is 5.54 Å². The Labute approximate surface area is 304 Å². The number of hydrogen-bond donors (Lipinski definition) is 2. The average molecular weight is 678 g/mol. The van der Waals surface area contributed by atoms with Gasteiger partial charge in [0.15, 0.2) is 0 Å². The Balaban J connectivity index is 1.36. The van der Waals surface area contributed by atoms with Crippen molar-refractivity contribution in [2.75, 3.05) is 16.9 Å². The molecule has 1 fully saturated rings. The normalized spacial score (nSPS) is 19.7. The fraction of sp³-hybridized carbons (Fsp3) is 0.130. The number of carbonyl (C=O) groups excluding carboxylic acids is 1. The lowest BCUT2D eigenvalue weighted by atomic mass is 9.69. The van der Waals surface area contributed by atoms with E-state index in [1.807, 2.05) is 43.6 Å². The monoisotopic (exact) mass is 677 g/mol. The van der Waals surface area contributed by atoms with E-state index in [4.69, 9.17) is 0 Å². The molecule has 1 saturated heterocycles. The number of amides is 1. The predicted molar refractivity (Wildman–Crippen MR) is 207 cm³/mol. The van der Waals surface area contributed by atoms with Gasteiger partial charge in [0, 0.05) is 29.3 Å². The Morgan fingerprint density at radius 1 is 0.750 bits per heavy atom. The molecule has 2 N–H and O–H groups in total. The van der Waals surface area contributed by atoms with Crippen molar-refractivity contribution in [3.05, 3.63) is 221 Å². The van der Waals surface area contributed by atoms with Crippen molar-refractivity contribution >= 4 is 17.3 Å². The van der Waals surface area contributed by atoms with Gasteiger partial charge in [-0.15, -0.1) is 0 Å². The molecule has 1 aliphatic carbocycles. The first-order chi connectivity index (χ1) is 25.6. The second-order valence-electron chi connectivity index (χ2n) is 13.7. The first-order valence-electron chi connectivity index (χ1n) is 17.9. The topological polar surface area (TPSA) is 60.5 Å². The zero-order valence-electron chi connectivity index (χ0n) is 28.9. The van der Waals surface area contributed by atoms with Gasteiger partial charge in [0.2, 0.25) is 0 Å². The number of benzene rings is 5. The molecule has 1 amide bonds. The zero-order chi connectivity index (χ0) is 35.1. The third kappa shape index (κ3) is 4.75. The van der Waals surface area contributed by atoms with Gasteiger partial charge in [0.25, 0.3) is 5.91 Å². The molecule has 9 rings (SSSR count). The van der Waals surface area contributed by atoms with Crippen LogP contribution in [0, 0.1) is 0 Å². The van der Waals surface area contributed by atoms with E-state index < -0.39 is 11.1 Å². The van der Waals surface area contributed by atoms with Crippen molar-refractivity contribution in [2.45, 2.75) is 30.1 Å². The quantitative estimate of drug-likeness (QED) is 0.158. The molecule has 3 aliphatic rings. The number of pyridine rings is 1. The fourth-order valence-corrected chi connectivity index (χ4v) is 8.84. The highest BCUT2D eigenvalue weighted by Gasteiger charge is 2.66. The van der Waals surface area contributed by atoms with E-state index in [1.54, 1.807) is 0 Å². The van der Waals surface area contributed by atoms with E-state index in [9.17, 15) is 4.79 Å². The number of rotatable bonds is 8. The molecule has 6 heteroatoms. The van der Waals surface area contributed by atoms with Crippen molar-refractivity contribution in [1.82, 2.24) is 15.2 Å². The molecule has 0 radical (unpaired) electrons. The number of nitrogens with zero attached hydrogens (tertiary/aromatic N) is 3. The summed E-state index contributed by atoms with van der Waals surface area (Å²) in [7, 11) is 0. The standard InChI is InChI=1S/C46H39N5O/c1-33(34-16-6-2-7-17-34)48-44(52)39-26-27-42-46(40-24-14-15-25-41(40)49-43(39)46)51(32-50(42)38-28-30-47-31-29-38)45(35-18-8-3-9-19-35,36-20-10-4-11-21-36)37-22-12-5-13-23-37/h2-31,33,42,49H,32H2,1H3,(H,48,52). The third-order valence-corrected chi connectivity index (χ3v) is 11.0. The maximum absolute atomic E-state index is 14.7. The summed E-state index contributed by atoms with van der Waals surface area (Å²) in [5.74, 6) is -0.118. The predicted octanol–water partition coefficient (Wildman–Crippen LogP) is 8.54. The molecule has 0 bridgehead atoms. The lowest BCUT2D eigenvalue weighted by molar-refractivity contribution is -0.118. The zero-order valence-corrected chi connectivity index (χ0v) is 28.9. The maximum Gasteiger partial charge on any atom is 0.253 e. The number of hydrogen-bond acceptors (Lipinski definition) is 5. The Morgan fingerprint density at radius 2 is 1.29 bits per heavy atom. The van der Waals surface area contributed by atoms with Crippen LogP contribution in [-0.2, 0) is 15.9 Å². The van der Waals surface area contributed by atoms with Gasteiger partial charge < -0.3 is 15.5 Å². The van der Waals surface area contributed by atoms with Crippen LogP contribution in [0.3, 0.4) is 0 Å². The van der Waals surface area contributed by atoms with Gasteiger partial charge in [-0.2, -0.15) is 0 Å². The van der Waals surface area contributed by atoms with Crippen LogP contribution < -0.4 is 15.5 Å². The lowest BCUT2D eigenvalue weighted by Gasteiger charge is -2.52. The minimum atomic E-state index is -0.821. The van der Waals surface area contributed by atoms with E-state index >= 15 is 0 Å². The van der Waals surface area contributed by atoms with Crippen molar-refractivity contribution in [3.63, 3.8) is 0 Å². The first kappa shape index (κ1) is 31.7. The Hall–Kier alpha value is -6.24. The second kappa shape index (κ2) is 12.8. The average Bonchev–Trinajstić information content (AvgIpc) is 3.75. The van der Waals surface area contributed by atoms with Crippen LogP contribution in [0.1, 0.15) is 40.8 Å². The highest BCUT2D eigenvalue weighted by Crippen LogP contribution is 2.62. The number of nitrogens with one attached hydrogen (secondary N) is 2. The summed E-state index contributed by atoms with van der Waals surface area (Å²) in [6.45, 7) is 2.59. The molecule has 5 aromatic carbocycles. The molecular weight excluding hydrogens is 639 g/mol. The summed E-state index contributed by atoms with van der Waals surface area (Å²) in [6, 6.07) is 55.0. The molecular formula is C46H39N5O. The number of anilines is 2. The second-order valence-corrected chi connectivity index (χ2v) is 13.7. The van der Waals surface area contributed by atoms with Gasteiger partial charge in [0.05, 0.1) is 35.6 Å². The number of aromatic nitrogens is 1. The minimum Gasteiger partial charge on any atom is -0.356 e. The largest absolute Gasteiger partial charge is 0.356 e. The summed E-state index contributed by atoms with van der Waals surface area (Å²) in [5.41, 5.74) is 7.54. The molecule has 2 aliphatic heterocycles.